The molecule has 2 saturated heterocycles. The summed E-state index contributed by atoms with van der Waals surface area (Å²) in [6.07, 6.45) is 5.92. The van der Waals surface area contributed by atoms with Crippen LogP contribution in [0.25, 0.3) is 0 Å². The molecule has 3 heterocycles. The summed E-state index contributed by atoms with van der Waals surface area (Å²) in [6.45, 7) is 2.76. The van der Waals surface area contributed by atoms with Gasteiger partial charge in [0.2, 0.25) is 11.8 Å². The van der Waals surface area contributed by atoms with Crippen LogP contribution in [-0.4, -0.2) is 47.4 Å². The first-order valence-corrected chi connectivity index (χ1v) is 8.82. The SMILES string of the molecule is Cl.Cl.O=C(Nc1nccs1)C1CCCN1C(=O)CCC1CCNC1. The van der Waals surface area contributed by atoms with Crippen molar-refractivity contribution in [3.05, 3.63) is 11.6 Å². The summed E-state index contributed by atoms with van der Waals surface area (Å²) >= 11 is 1.39. The number of likely N-dealkylation sites (tertiary alicyclic amines) is 1. The highest BCUT2D eigenvalue weighted by molar-refractivity contribution is 7.13. The maximum atomic E-state index is 12.4. The molecule has 24 heavy (non-hydrogen) atoms. The number of amides is 2. The minimum absolute atomic E-state index is 0. The van der Waals surface area contributed by atoms with E-state index in [0.29, 0.717) is 24.0 Å². The van der Waals surface area contributed by atoms with Gasteiger partial charge in [-0.3, -0.25) is 9.59 Å². The van der Waals surface area contributed by atoms with Crippen molar-refractivity contribution in [3.8, 4) is 0 Å². The molecule has 3 rings (SSSR count). The number of nitrogens with one attached hydrogen (secondary N) is 2. The van der Waals surface area contributed by atoms with Crippen LogP contribution >= 0.6 is 36.2 Å². The van der Waals surface area contributed by atoms with Gasteiger partial charge in [0.15, 0.2) is 5.13 Å². The normalized spacial score (nSPS) is 22.6. The average Bonchev–Trinajstić information content (AvgIpc) is 3.25. The number of anilines is 1. The molecule has 136 valence electrons. The zero-order chi connectivity index (χ0) is 15.4. The van der Waals surface area contributed by atoms with E-state index in [1.54, 1.807) is 11.1 Å². The highest BCUT2D eigenvalue weighted by Gasteiger charge is 2.34. The number of hydrogen-bond acceptors (Lipinski definition) is 5. The smallest absolute Gasteiger partial charge is 0.248 e. The summed E-state index contributed by atoms with van der Waals surface area (Å²) in [6, 6.07) is -0.335. The van der Waals surface area contributed by atoms with E-state index >= 15 is 0 Å². The lowest BCUT2D eigenvalue weighted by Crippen LogP contribution is -2.43. The molecule has 0 bridgehead atoms. The molecule has 2 atom stereocenters. The maximum Gasteiger partial charge on any atom is 0.248 e. The lowest BCUT2D eigenvalue weighted by Gasteiger charge is -2.24. The first kappa shape index (κ1) is 21.2. The Kier molecular flexibility index (Phi) is 8.97. The Bertz CT molecular complexity index is 524. The van der Waals surface area contributed by atoms with Crippen molar-refractivity contribution in [2.75, 3.05) is 25.0 Å². The van der Waals surface area contributed by atoms with Crippen LogP contribution in [0.5, 0.6) is 0 Å². The van der Waals surface area contributed by atoms with Crippen LogP contribution in [-0.2, 0) is 9.59 Å². The lowest BCUT2D eigenvalue weighted by atomic mass is 10.0. The van der Waals surface area contributed by atoms with Gasteiger partial charge in [-0.15, -0.1) is 36.2 Å². The van der Waals surface area contributed by atoms with E-state index in [0.717, 1.165) is 38.8 Å². The van der Waals surface area contributed by atoms with Crippen LogP contribution in [0.4, 0.5) is 5.13 Å². The Balaban J connectivity index is 0.00000144. The molecule has 1 aromatic rings. The molecule has 2 aliphatic rings. The number of nitrogens with zero attached hydrogens (tertiary/aromatic N) is 2. The highest BCUT2D eigenvalue weighted by Crippen LogP contribution is 2.23. The van der Waals surface area contributed by atoms with Gasteiger partial charge in [-0.1, -0.05) is 0 Å². The van der Waals surface area contributed by atoms with Gasteiger partial charge in [-0.05, 0) is 44.7 Å². The summed E-state index contributed by atoms with van der Waals surface area (Å²) < 4.78 is 0. The number of hydrogen-bond donors (Lipinski definition) is 2. The fourth-order valence-electron chi connectivity index (χ4n) is 3.24. The molecule has 2 aliphatic heterocycles. The Hall–Kier alpha value is -0.890. The number of halogens is 2. The summed E-state index contributed by atoms with van der Waals surface area (Å²) in [5, 5.41) is 8.55. The average molecular weight is 395 g/mol. The number of rotatable bonds is 5. The number of aromatic nitrogens is 1. The molecule has 6 nitrogen and oxygen atoms in total. The van der Waals surface area contributed by atoms with E-state index in [2.05, 4.69) is 15.6 Å². The van der Waals surface area contributed by atoms with Crippen LogP contribution in [0, 0.1) is 5.92 Å². The van der Waals surface area contributed by atoms with Gasteiger partial charge >= 0.3 is 0 Å². The second-order valence-corrected chi connectivity index (χ2v) is 6.86. The summed E-state index contributed by atoms with van der Waals surface area (Å²) in [5.74, 6) is 0.612. The van der Waals surface area contributed by atoms with Crippen molar-refractivity contribution in [3.63, 3.8) is 0 Å². The molecule has 0 spiro atoms. The molecular formula is C15H24Cl2N4O2S. The fourth-order valence-corrected chi connectivity index (χ4v) is 3.78. The van der Waals surface area contributed by atoms with E-state index in [-0.39, 0.29) is 42.7 Å². The molecule has 0 aromatic carbocycles. The van der Waals surface area contributed by atoms with E-state index < -0.39 is 0 Å². The number of carbonyl (C=O) groups excluding carboxylic acids is 2. The minimum Gasteiger partial charge on any atom is -0.331 e. The molecule has 1 aromatic heterocycles. The van der Waals surface area contributed by atoms with E-state index in [1.807, 2.05) is 5.38 Å². The van der Waals surface area contributed by atoms with Crippen molar-refractivity contribution in [2.45, 2.75) is 38.1 Å². The summed E-state index contributed by atoms with van der Waals surface area (Å²) in [7, 11) is 0. The minimum atomic E-state index is -0.335. The third-order valence-corrected chi connectivity index (χ3v) is 5.16. The quantitative estimate of drug-likeness (QED) is 0.803. The summed E-state index contributed by atoms with van der Waals surface area (Å²) in [4.78, 5) is 30.6. The van der Waals surface area contributed by atoms with Crippen molar-refractivity contribution in [1.82, 2.24) is 15.2 Å². The Morgan fingerprint density at radius 1 is 1.38 bits per heavy atom. The van der Waals surface area contributed by atoms with Gasteiger partial charge in [0.25, 0.3) is 0 Å². The predicted octanol–water partition coefficient (Wildman–Crippen LogP) is 2.31. The third kappa shape index (κ3) is 5.31. The van der Waals surface area contributed by atoms with Crippen molar-refractivity contribution in [2.24, 2.45) is 5.92 Å². The van der Waals surface area contributed by atoms with Crippen LogP contribution in [0.1, 0.15) is 32.1 Å². The van der Waals surface area contributed by atoms with E-state index in [4.69, 9.17) is 0 Å². The van der Waals surface area contributed by atoms with Gasteiger partial charge in [0, 0.05) is 24.5 Å². The molecule has 0 saturated carbocycles. The third-order valence-electron chi connectivity index (χ3n) is 4.47. The van der Waals surface area contributed by atoms with Gasteiger partial charge in [0.05, 0.1) is 0 Å². The monoisotopic (exact) mass is 394 g/mol. The first-order chi connectivity index (χ1) is 10.7. The van der Waals surface area contributed by atoms with E-state index in [9.17, 15) is 9.59 Å². The highest BCUT2D eigenvalue weighted by atomic mass is 35.5. The van der Waals surface area contributed by atoms with Crippen LogP contribution < -0.4 is 10.6 Å². The molecule has 2 fully saturated rings. The number of thiazole rings is 1. The summed E-state index contributed by atoms with van der Waals surface area (Å²) in [5.41, 5.74) is 0. The predicted molar refractivity (Wildman–Crippen MR) is 100 cm³/mol. The number of carbonyl (C=O) groups is 2. The molecule has 0 radical (unpaired) electrons. The van der Waals surface area contributed by atoms with Crippen molar-refractivity contribution in [1.29, 1.82) is 0 Å². The van der Waals surface area contributed by atoms with Crippen molar-refractivity contribution >= 4 is 53.1 Å². The Labute approximate surface area is 158 Å². The lowest BCUT2D eigenvalue weighted by molar-refractivity contribution is -0.136. The molecule has 2 amide bonds. The van der Waals surface area contributed by atoms with Crippen LogP contribution in [0.15, 0.2) is 11.6 Å². The van der Waals surface area contributed by atoms with Gasteiger partial charge in [-0.25, -0.2) is 4.98 Å². The standard InChI is InChI=1S/C15H22N4O2S.2ClH/c20-13(4-3-11-5-6-16-10-11)19-8-1-2-12(19)14(21)18-15-17-7-9-22-15;;/h7,9,11-12,16H,1-6,8,10H2,(H,17,18,21);2*1H. The first-order valence-electron chi connectivity index (χ1n) is 7.94. The van der Waals surface area contributed by atoms with Gasteiger partial charge in [0.1, 0.15) is 6.04 Å². The van der Waals surface area contributed by atoms with Gasteiger partial charge in [-0.2, -0.15) is 0 Å². The Morgan fingerprint density at radius 2 is 2.21 bits per heavy atom. The van der Waals surface area contributed by atoms with Crippen LogP contribution in [0.3, 0.4) is 0 Å². The second-order valence-electron chi connectivity index (χ2n) is 5.97. The molecule has 0 aliphatic carbocycles. The molecule has 2 N–H and O–H groups in total. The van der Waals surface area contributed by atoms with E-state index in [1.165, 1.54) is 11.3 Å². The fraction of sp³-hybridized carbons (Fsp3) is 0.667. The second kappa shape index (κ2) is 10.2. The topological polar surface area (TPSA) is 74.3 Å². The Morgan fingerprint density at radius 3 is 2.88 bits per heavy atom. The van der Waals surface area contributed by atoms with Gasteiger partial charge < -0.3 is 15.5 Å². The molecule has 9 heteroatoms. The van der Waals surface area contributed by atoms with Crippen molar-refractivity contribution < 1.29 is 9.59 Å². The molecule has 2 unspecified atom stereocenters. The largest absolute Gasteiger partial charge is 0.331 e. The molecular weight excluding hydrogens is 371 g/mol. The van der Waals surface area contributed by atoms with Crippen LogP contribution in [0.2, 0.25) is 0 Å². The zero-order valence-electron chi connectivity index (χ0n) is 13.4. The zero-order valence-corrected chi connectivity index (χ0v) is 15.9. The maximum absolute atomic E-state index is 12.4.